The van der Waals surface area contributed by atoms with E-state index in [1.165, 1.54) is 5.56 Å². The van der Waals surface area contributed by atoms with Gasteiger partial charge in [-0.1, -0.05) is 31.5 Å². The van der Waals surface area contributed by atoms with Gasteiger partial charge in [0.25, 0.3) is 0 Å². The van der Waals surface area contributed by atoms with E-state index in [9.17, 15) is 0 Å². The van der Waals surface area contributed by atoms with Crippen LogP contribution in [0.3, 0.4) is 0 Å². The van der Waals surface area contributed by atoms with Gasteiger partial charge in [-0.15, -0.1) is 0 Å². The van der Waals surface area contributed by atoms with Crippen LogP contribution in [0.4, 0.5) is 0 Å². The van der Waals surface area contributed by atoms with E-state index >= 15 is 0 Å². The van der Waals surface area contributed by atoms with E-state index in [1.54, 1.807) is 0 Å². The van der Waals surface area contributed by atoms with E-state index in [1.807, 2.05) is 6.07 Å². The Morgan fingerprint density at radius 3 is 2.45 bits per heavy atom. The number of hydrogen-bond donors (Lipinski definition) is 0. The Hall–Kier alpha value is 0.240. The van der Waals surface area contributed by atoms with E-state index < -0.39 is 0 Å². The average Bonchev–Trinajstić information content (AvgIpc) is 1.94. The van der Waals surface area contributed by atoms with Crippen LogP contribution in [0.1, 0.15) is 25.3 Å². The highest BCUT2D eigenvalue weighted by atomic mass is 127. The van der Waals surface area contributed by atoms with Crippen LogP contribution in [0.15, 0.2) is 18.2 Å². The van der Waals surface area contributed by atoms with Crippen molar-refractivity contribution in [2.75, 3.05) is 0 Å². The van der Waals surface area contributed by atoms with Gasteiger partial charge in [0.15, 0.2) is 0 Å². The van der Waals surface area contributed by atoms with Crippen molar-refractivity contribution in [3.8, 4) is 0 Å². The molecule has 0 aliphatic rings. The molecule has 0 nitrogen and oxygen atoms in total. The lowest BCUT2D eigenvalue weighted by Gasteiger charge is -2.05. The third kappa shape index (κ3) is 2.34. The van der Waals surface area contributed by atoms with Crippen LogP contribution in [0, 0.1) is 3.57 Å². The van der Waals surface area contributed by atoms with Crippen molar-refractivity contribution in [3.05, 3.63) is 32.4 Å². The van der Waals surface area contributed by atoms with E-state index in [-0.39, 0.29) is 0 Å². The Morgan fingerprint density at radius 2 is 2.00 bits per heavy atom. The van der Waals surface area contributed by atoms with Crippen molar-refractivity contribution in [3.63, 3.8) is 0 Å². The van der Waals surface area contributed by atoms with Crippen LogP contribution in [-0.2, 0) is 0 Å². The first-order chi connectivity index (χ1) is 5.11. The molecular weight excluding hydrogens is 270 g/mol. The molecular formula is C9H10ClI. The summed E-state index contributed by atoms with van der Waals surface area (Å²) in [5.74, 6) is 0.560. The van der Waals surface area contributed by atoms with Crippen LogP contribution in [-0.4, -0.2) is 0 Å². The molecule has 0 aromatic heterocycles. The fourth-order valence-corrected chi connectivity index (χ4v) is 1.40. The first-order valence-electron chi connectivity index (χ1n) is 3.56. The first kappa shape index (κ1) is 9.33. The quantitative estimate of drug-likeness (QED) is 0.680. The van der Waals surface area contributed by atoms with Crippen molar-refractivity contribution in [2.45, 2.75) is 19.8 Å². The summed E-state index contributed by atoms with van der Waals surface area (Å²) in [5.41, 5.74) is 1.30. The van der Waals surface area contributed by atoms with Gasteiger partial charge in [0.1, 0.15) is 0 Å². The molecule has 0 bridgehead atoms. The number of benzene rings is 1. The van der Waals surface area contributed by atoms with Crippen LogP contribution in [0.25, 0.3) is 0 Å². The van der Waals surface area contributed by atoms with Gasteiger partial charge in [-0.05, 0) is 46.2 Å². The smallest absolute Gasteiger partial charge is 0.0542 e. The normalized spacial score (nSPS) is 10.6. The van der Waals surface area contributed by atoms with Crippen LogP contribution < -0.4 is 0 Å². The van der Waals surface area contributed by atoms with Crippen molar-refractivity contribution < 1.29 is 0 Å². The molecule has 0 saturated heterocycles. The predicted molar refractivity (Wildman–Crippen MR) is 58.3 cm³/mol. The molecule has 11 heavy (non-hydrogen) atoms. The molecule has 0 fully saturated rings. The van der Waals surface area contributed by atoms with Gasteiger partial charge in [0.2, 0.25) is 0 Å². The maximum atomic E-state index is 5.95. The molecule has 1 aromatic rings. The molecule has 0 saturated carbocycles. The maximum absolute atomic E-state index is 5.95. The third-order valence-corrected chi connectivity index (χ3v) is 3.18. The Bertz CT molecular complexity index is 256. The largest absolute Gasteiger partial charge is 0.0832 e. The molecule has 1 aromatic carbocycles. The molecule has 0 N–H and O–H groups in total. The summed E-state index contributed by atoms with van der Waals surface area (Å²) < 4.78 is 1.12. The van der Waals surface area contributed by atoms with Gasteiger partial charge in [0.05, 0.1) is 5.02 Å². The van der Waals surface area contributed by atoms with Gasteiger partial charge < -0.3 is 0 Å². The van der Waals surface area contributed by atoms with Gasteiger partial charge >= 0.3 is 0 Å². The Labute approximate surface area is 86.1 Å². The van der Waals surface area contributed by atoms with Gasteiger partial charge in [-0.2, -0.15) is 0 Å². The molecule has 2 heteroatoms. The third-order valence-electron chi connectivity index (χ3n) is 1.61. The summed E-state index contributed by atoms with van der Waals surface area (Å²) in [4.78, 5) is 0. The maximum Gasteiger partial charge on any atom is 0.0542 e. The summed E-state index contributed by atoms with van der Waals surface area (Å²) in [6.07, 6.45) is 0. The molecule has 0 atom stereocenters. The molecule has 0 amide bonds. The van der Waals surface area contributed by atoms with Gasteiger partial charge in [-0.3, -0.25) is 0 Å². The second kappa shape index (κ2) is 3.76. The molecule has 0 heterocycles. The second-order valence-electron chi connectivity index (χ2n) is 2.83. The standard InChI is InChI=1S/C9H10ClI/c1-6(2)7-3-4-9(11)8(10)5-7/h3-6H,1-2H3. The summed E-state index contributed by atoms with van der Waals surface area (Å²) >= 11 is 8.18. The molecule has 1 rings (SSSR count). The Balaban J connectivity index is 3.05. The number of hydrogen-bond acceptors (Lipinski definition) is 0. The second-order valence-corrected chi connectivity index (χ2v) is 4.40. The zero-order chi connectivity index (χ0) is 8.43. The molecule has 0 aliphatic carbocycles. The lowest BCUT2D eigenvalue weighted by molar-refractivity contribution is 0.866. The molecule has 0 spiro atoms. The lowest BCUT2D eigenvalue weighted by Crippen LogP contribution is -1.87. The zero-order valence-corrected chi connectivity index (χ0v) is 9.48. The number of halogens is 2. The minimum atomic E-state index is 0.560. The minimum absolute atomic E-state index is 0.560. The van der Waals surface area contributed by atoms with E-state index in [0.717, 1.165) is 8.59 Å². The highest BCUT2D eigenvalue weighted by Crippen LogP contribution is 2.23. The van der Waals surface area contributed by atoms with Crippen LogP contribution in [0.5, 0.6) is 0 Å². The van der Waals surface area contributed by atoms with E-state index in [2.05, 4.69) is 48.6 Å². The molecule has 60 valence electrons. The first-order valence-corrected chi connectivity index (χ1v) is 5.02. The van der Waals surface area contributed by atoms with Gasteiger partial charge in [0, 0.05) is 3.57 Å². The van der Waals surface area contributed by atoms with Crippen molar-refractivity contribution in [1.29, 1.82) is 0 Å². The topological polar surface area (TPSA) is 0 Å². The fourth-order valence-electron chi connectivity index (χ4n) is 0.871. The SMILES string of the molecule is CC(C)c1ccc(I)c(Cl)c1. The number of rotatable bonds is 1. The predicted octanol–water partition coefficient (Wildman–Crippen LogP) is 4.07. The molecule has 0 radical (unpaired) electrons. The molecule has 0 aliphatic heterocycles. The van der Waals surface area contributed by atoms with Crippen molar-refractivity contribution in [2.24, 2.45) is 0 Å². The zero-order valence-electron chi connectivity index (χ0n) is 6.57. The highest BCUT2D eigenvalue weighted by Gasteiger charge is 2.01. The van der Waals surface area contributed by atoms with E-state index in [0.29, 0.717) is 5.92 Å². The lowest BCUT2D eigenvalue weighted by atomic mass is 10.0. The monoisotopic (exact) mass is 280 g/mol. The molecule has 0 unspecified atom stereocenters. The summed E-state index contributed by atoms with van der Waals surface area (Å²) in [5, 5.41) is 0.858. The van der Waals surface area contributed by atoms with Gasteiger partial charge in [-0.25, -0.2) is 0 Å². The summed E-state index contributed by atoms with van der Waals surface area (Å²) in [6, 6.07) is 6.21. The van der Waals surface area contributed by atoms with Crippen molar-refractivity contribution in [1.82, 2.24) is 0 Å². The summed E-state index contributed by atoms with van der Waals surface area (Å²) in [7, 11) is 0. The van der Waals surface area contributed by atoms with Crippen LogP contribution in [0.2, 0.25) is 5.02 Å². The fraction of sp³-hybridized carbons (Fsp3) is 0.333. The average molecular weight is 281 g/mol. The highest BCUT2D eigenvalue weighted by molar-refractivity contribution is 14.1. The van der Waals surface area contributed by atoms with Crippen molar-refractivity contribution >= 4 is 34.2 Å². The van der Waals surface area contributed by atoms with E-state index in [4.69, 9.17) is 11.6 Å². The van der Waals surface area contributed by atoms with Crippen LogP contribution >= 0.6 is 34.2 Å². The summed E-state index contributed by atoms with van der Waals surface area (Å²) in [6.45, 7) is 4.33. The minimum Gasteiger partial charge on any atom is -0.0832 e. The Kier molecular flexibility index (Phi) is 3.19. The Morgan fingerprint density at radius 1 is 1.36 bits per heavy atom.